The lowest BCUT2D eigenvalue weighted by Crippen LogP contribution is -1.97. The molecular weight excluding hydrogens is 188 g/mol. The van der Waals surface area contributed by atoms with Crippen molar-refractivity contribution in [2.45, 2.75) is 19.8 Å². The smallest absolute Gasteiger partial charge is 0.317 e. The Morgan fingerprint density at radius 3 is 2.80 bits per heavy atom. The monoisotopic (exact) mass is 202 g/mol. The second kappa shape index (κ2) is 5.87. The summed E-state index contributed by atoms with van der Waals surface area (Å²) in [5.74, 6) is 5.49. The predicted molar refractivity (Wildman–Crippen MR) is 59.3 cm³/mol. The van der Waals surface area contributed by atoms with E-state index in [1.54, 1.807) is 0 Å². The molecule has 0 aliphatic carbocycles. The maximum Gasteiger partial charge on any atom is 0.317 e. The number of ether oxygens (including phenoxy) is 1. The molecule has 0 amide bonds. The SMILES string of the molecule is CCc1ccccc1C#CCC(=O)OC. The lowest BCUT2D eigenvalue weighted by Gasteiger charge is -1.98. The fraction of sp³-hybridized carbons (Fsp3) is 0.308. The largest absolute Gasteiger partial charge is 0.468 e. The van der Waals surface area contributed by atoms with Crippen molar-refractivity contribution < 1.29 is 9.53 Å². The highest BCUT2D eigenvalue weighted by molar-refractivity contribution is 5.72. The average Bonchev–Trinajstić information content (AvgIpc) is 2.29. The van der Waals surface area contributed by atoms with Crippen molar-refractivity contribution in [3.05, 3.63) is 35.4 Å². The molecule has 2 heteroatoms. The standard InChI is InChI=1S/C13H14O2/c1-3-11-7-4-5-8-12(11)9-6-10-13(14)15-2/h4-5,7-8H,3,10H2,1-2H3. The van der Waals surface area contributed by atoms with E-state index in [0.29, 0.717) is 0 Å². The van der Waals surface area contributed by atoms with Crippen LogP contribution in [0.3, 0.4) is 0 Å². The van der Waals surface area contributed by atoms with Crippen LogP contribution < -0.4 is 0 Å². The molecule has 1 aromatic rings. The van der Waals surface area contributed by atoms with Gasteiger partial charge in [-0.05, 0) is 18.1 Å². The second-order valence-electron chi connectivity index (χ2n) is 3.07. The number of methoxy groups -OCH3 is 1. The summed E-state index contributed by atoms with van der Waals surface area (Å²) in [7, 11) is 1.37. The Labute approximate surface area is 90.3 Å². The Hall–Kier alpha value is -1.75. The third kappa shape index (κ3) is 3.47. The van der Waals surface area contributed by atoms with Crippen LogP contribution in [0.5, 0.6) is 0 Å². The van der Waals surface area contributed by atoms with Gasteiger partial charge in [-0.2, -0.15) is 0 Å². The van der Waals surface area contributed by atoms with Crippen LogP contribution in [0.15, 0.2) is 24.3 Å². The first-order valence-electron chi connectivity index (χ1n) is 4.91. The van der Waals surface area contributed by atoms with Crippen molar-refractivity contribution >= 4 is 5.97 Å². The number of carbonyl (C=O) groups excluding carboxylic acids is 1. The highest BCUT2D eigenvalue weighted by Gasteiger charge is 1.96. The van der Waals surface area contributed by atoms with Crippen molar-refractivity contribution in [3.8, 4) is 11.8 Å². The molecule has 0 spiro atoms. The van der Waals surface area contributed by atoms with Crippen LogP contribution in [0.2, 0.25) is 0 Å². The summed E-state index contributed by atoms with van der Waals surface area (Å²) in [6, 6.07) is 7.94. The molecule has 0 saturated heterocycles. The summed E-state index contributed by atoms with van der Waals surface area (Å²) in [5, 5.41) is 0. The van der Waals surface area contributed by atoms with Crippen LogP contribution in [-0.4, -0.2) is 13.1 Å². The topological polar surface area (TPSA) is 26.3 Å². The van der Waals surface area contributed by atoms with E-state index in [2.05, 4.69) is 23.5 Å². The number of carbonyl (C=O) groups is 1. The number of benzene rings is 1. The molecule has 0 heterocycles. The third-order valence-corrected chi connectivity index (χ3v) is 2.08. The van der Waals surface area contributed by atoms with Crippen molar-refractivity contribution in [2.75, 3.05) is 7.11 Å². The molecule has 0 aromatic heterocycles. The zero-order valence-corrected chi connectivity index (χ0v) is 9.04. The number of hydrogen-bond donors (Lipinski definition) is 0. The Kier molecular flexibility index (Phi) is 4.43. The van der Waals surface area contributed by atoms with Crippen LogP contribution in [0.1, 0.15) is 24.5 Å². The van der Waals surface area contributed by atoms with Crippen molar-refractivity contribution in [3.63, 3.8) is 0 Å². The summed E-state index contributed by atoms with van der Waals surface area (Å²) < 4.78 is 4.50. The average molecular weight is 202 g/mol. The molecule has 0 N–H and O–H groups in total. The summed E-state index contributed by atoms with van der Waals surface area (Å²) in [6.07, 6.45) is 1.09. The van der Waals surface area contributed by atoms with E-state index in [4.69, 9.17) is 0 Å². The fourth-order valence-electron chi connectivity index (χ4n) is 1.23. The van der Waals surface area contributed by atoms with Gasteiger partial charge in [0.2, 0.25) is 0 Å². The molecule has 0 atom stereocenters. The van der Waals surface area contributed by atoms with E-state index >= 15 is 0 Å². The quantitative estimate of drug-likeness (QED) is 0.542. The van der Waals surface area contributed by atoms with Crippen LogP contribution in [0.25, 0.3) is 0 Å². The van der Waals surface area contributed by atoms with Crippen LogP contribution in [-0.2, 0) is 16.0 Å². The normalized spacial score (nSPS) is 8.93. The lowest BCUT2D eigenvalue weighted by molar-refractivity contribution is -0.139. The minimum atomic E-state index is -0.295. The first-order valence-corrected chi connectivity index (χ1v) is 4.91. The van der Waals surface area contributed by atoms with Gasteiger partial charge in [0.05, 0.1) is 7.11 Å². The van der Waals surface area contributed by atoms with Gasteiger partial charge in [0, 0.05) is 5.56 Å². The van der Waals surface area contributed by atoms with Gasteiger partial charge in [0.15, 0.2) is 0 Å². The minimum absolute atomic E-state index is 0.147. The van der Waals surface area contributed by atoms with E-state index in [1.807, 2.05) is 24.3 Å². The predicted octanol–water partition coefficient (Wildman–Crippen LogP) is 2.16. The van der Waals surface area contributed by atoms with E-state index < -0.39 is 0 Å². The minimum Gasteiger partial charge on any atom is -0.468 e. The van der Waals surface area contributed by atoms with Crippen molar-refractivity contribution in [1.29, 1.82) is 0 Å². The molecule has 0 unspecified atom stereocenters. The first kappa shape index (κ1) is 11.3. The van der Waals surface area contributed by atoms with E-state index in [-0.39, 0.29) is 12.4 Å². The number of esters is 1. The summed E-state index contributed by atoms with van der Waals surface area (Å²) in [6.45, 7) is 2.08. The molecule has 2 nitrogen and oxygen atoms in total. The summed E-state index contributed by atoms with van der Waals surface area (Å²) in [5.41, 5.74) is 2.19. The van der Waals surface area contributed by atoms with E-state index in [0.717, 1.165) is 12.0 Å². The molecule has 78 valence electrons. The molecule has 15 heavy (non-hydrogen) atoms. The number of hydrogen-bond acceptors (Lipinski definition) is 2. The molecule has 0 aliphatic heterocycles. The Bertz CT molecular complexity index is 396. The van der Waals surface area contributed by atoms with Crippen LogP contribution >= 0.6 is 0 Å². The van der Waals surface area contributed by atoms with Gasteiger partial charge in [-0.1, -0.05) is 37.0 Å². The summed E-state index contributed by atoms with van der Waals surface area (Å²) >= 11 is 0. The zero-order valence-electron chi connectivity index (χ0n) is 9.04. The molecule has 0 saturated carbocycles. The molecule has 0 aliphatic rings. The second-order valence-corrected chi connectivity index (χ2v) is 3.07. The maximum absolute atomic E-state index is 10.8. The highest BCUT2D eigenvalue weighted by Crippen LogP contribution is 2.07. The molecule has 0 fully saturated rings. The van der Waals surface area contributed by atoms with Crippen LogP contribution in [0.4, 0.5) is 0 Å². The molecular formula is C13H14O2. The van der Waals surface area contributed by atoms with E-state index in [9.17, 15) is 4.79 Å². The molecule has 0 bridgehead atoms. The fourth-order valence-corrected chi connectivity index (χ4v) is 1.23. The van der Waals surface area contributed by atoms with Gasteiger partial charge >= 0.3 is 5.97 Å². The molecule has 1 rings (SSSR count). The van der Waals surface area contributed by atoms with Gasteiger partial charge in [-0.25, -0.2) is 0 Å². The number of rotatable bonds is 2. The molecule has 1 aromatic carbocycles. The zero-order chi connectivity index (χ0) is 11.1. The van der Waals surface area contributed by atoms with Gasteiger partial charge in [-0.15, -0.1) is 0 Å². The van der Waals surface area contributed by atoms with Gasteiger partial charge in [-0.3, -0.25) is 4.79 Å². The van der Waals surface area contributed by atoms with Crippen molar-refractivity contribution in [2.24, 2.45) is 0 Å². The third-order valence-electron chi connectivity index (χ3n) is 2.08. The van der Waals surface area contributed by atoms with Gasteiger partial charge in [0.1, 0.15) is 6.42 Å². The Morgan fingerprint density at radius 2 is 2.13 bits per heavy atom. The maximum atomic E-state index is 10.8. The van der Waals surface area contributed by atoms with Crippen LogP contribution in [0, 0.1) is 11.8 Å². The molecule has 0 radical (unpaired) electrons. The Balaban J connectivity index is 2.75. The summed E-state index contributed by atoms with van der Waals surface area (Å²) in [4.78, 5) is 10.8. The Morgan fingerprint density at radius 1 is 1.40 bits per heavy atom. The van der Waals surface area contributed by atoms with Gasteiger partial charge in [0.25, 0.3) is 0 Å². The first-order chi connectivity index (χ1) is 7.27. The highest BCUT2D eigenvalue weighted by atomic mass is 16.5. The lowest BCUT2D eigenvalue weighted by atomic mass is 10.1. The van der Waals surface area contributed by atoms with Gasteiger partial charge < -0.3 is 4.74 Å². The van der Waals surface area contributed by atoms with Crippen molar-refractivity contribution in [1.82, 2.24) is 0 Å². The van der Waals surface area contributed by atoms with E-state index in [1.165, 1.54) is 12.7 Å². The number of aryl methyl sites for hydroxylation is 1.